The van der Waals surface area contributed by atoms with Crippen LogP contribution in [0.2, 0.25) is 0 Å². The molecule has 0 bridgehead atoms. The van der Waals surface area contributed by atoms with Crippen molar-refractivity contribution < 1.29 is 4.21 Å². The van der Waals surface area contributed by atoms with Crippen LogP contribution >= 0.6 is 0 Å². The molecule has 1 fully saturated rings. The Bertz CT molecular complexity index is 372. The van der Waals surface area contributed by atoms with Crippen molar-refractivity contribution in [3.8, 4) is 0 Å². The number of benzene rings is 1. The first-order chi connectivity index (χ1) is 7.75. The fraction of sp³-hybridized carbons (Fsp3) is 0.538. The van der Waals surface area contributed by atoms with Crippen LogP contribution in [0.15, 0.2) is 24.3 Å². The number of nitrogens with two attached hydrogens (primary N) is 1. The Morgan fingerprint density at radius 1 is 1.25 bits per heavy atom. The summed E-state index contributed by atoms with van der Waals surface area (Å²) in [6, 6.07) is 7.74. The van der Waals surface area contributed by atoms with E-state index in [9.17, 15) is 4.21 Å². The van der Waals surface area contributed by atoms with Crippen LogP contribution in [0.25, 0.3) is 0 Å². The summed E-state index contributed by atoms with van der Waals surface area (Å²) in [5.41, 5.74) is 7.58. The molecule has 0 aromatic heterocycles. The van der Waals surface area contributed by atoms with Crippen molar-refractivity contribution in [3.63, 3.8) is 0 Å². The van der Waals surface area contributed by atoms with Crippen molar-refractivity contribution in [1.29, 1.82) is 0 Å². The maximum Gasteiger partial charge on any atom is 0.0489 e. The number of hydrogen-bond donors (Lipinski definition) is 1. The molecule has 0 radical (unpaired) electrons. The zero-order valence-electron chi connectivity index (χ0n) is 9.52. The van der Waals surface area contributed by atoms with Gasteiger partial charge in [0.1, 0.15) is 0 Å². The molecule has 1 atom stereocenters. The van der Waals surface area contributed by atoms with Gasteiger partial charge in [0.2, 0.25) is 0 Å². The quantitative estimate of drug-likeness (QED) is 0.821. The van der Waals surface area contributed by atoms with E-state index in [2.05, 4.69) is 0 Å². The van der Waals surface area contributed by atoms with Gasteiger partial charge in [0.05, 0.1) is 0 Å². The number of rotatable bonds is 3. The van der Waals surface area contributed by atoms with Gasteiger partial charge in [-0.05, 0) is 30.5 Å². The zero-order valence-corrected chi connectivity index (χ0v) is 10.3. The lowest BCUT2D eigenvalue weighted by Crippen LogP contribution is -2.19. The predicted octanol–water partition coefficient (Wildman–Crippen LogP) is 2.85. The first-order valence-corrected chi connectivity index (χ1v) is 7.35. The van der Waals surface area contributed by atoms with Crippen LogP contribution in [0.3, 0.4) is 0 Å². The highest BCUT2D eigenvalue weighted by molar-refractivity contribution is 7.84. The molecule has 0 spiro atoms. The van der Waals surface area contributed by atoms with E-state index in [0.717, 1.165) is 24.1 Å². The van der Waals surface area contributed by atoms with Gasteiger partial charge in [-0.25, -0.2) is 0 Å². The number of hydrogen-bond acceptors (Lipinski definition) is 2. The first kappa shape index (κ1) is 11.6. The van der Waals surface area contributed by atoms with Gasteiger partial charge in [-0.2, -0.15) is 0 Å². The molecule has 0 amide bonds. The molecule has 16 heavy (non-hydrogen) atoms. The van der Waals surface area contributed by atoms with Crippen molar-refractivity contribution in [2.75, 3.05) is 5.73 Å². The molecule has 0 unspecified atom stereocenters. The van der Waals surface area contributed by atoms with E-state index in [1.165, 1.54) is 19.3 Å². The van der Waals surface area contributed by atoms with E-state index in [1.54, 1.807) is 0 Å². The van der Waals surface area contributed by atoms with Crippen molar-refractivity contribution in [1.82, 2.24) is 0 Å². The van der Waals surface area contributed by atoms with E-state index in [-0.39, 0.29) is 0 Å². The third-order valence-electron chi connectivity index (χ3n) is 3.18. The van der Waals surface area contributed by atoms with Gasteiger partial charge in [0.25, 0.3) is 0 Å². The topological polar surface area (TPSA) is 43.1 Å². The van der Waals surface area contributed by atoms with Crippen LogP contribution < -0.4 is 5.73 Å². The molecule has 1 aliphatic carbocycles. The summed E-state index contributed by atoms with van der Waals surface area (Å²) in [4.78, 5) is 0. The van der Waals surface area contributed by atoms with Gasteiger partial charge in [0, 0.05) is 27.5 Å². The highest BCUT2D eigenvalue weighted by Crippen LogP contribution is 2.24. The Hall–Kier alpha value is -0.830. The minimum absolute atomic E-state index is 0.412. The van der Waals surface area contributed by atoms with E-state index in [0.29, 0.717) is 11.0 Å². The largest absolute Gasteiger partial charge is 0.399 e. The summed E-state index contributed by atoms with van der Waals surface area (Å²) in [6.07, 6.45) is 6.07. The standard InChI is InChI=1S/C13H19NOS/c14-12-6-4-5-11(9-12)10-16(15)13-7-2-1-3-8-13/h4-6,9,13H,1-3,7-8,10,14H2/t16-/m1/s1. The molecule has 88 valence electrons. The van der Waals surface area contributed by atoms with Gasteiger partial charge < -0.3 is 5.73 Å². The minimum Gasteiger partial charge on any atom is -0.399 e. The van der Waals surface area contributed by atoms with Crippen molar-refractivity contribution >= 4 is 16.5 Å². The van der Waals surface area contributed by atoms with Crippen LogP contribution in [0, 0.1) is 0 Å². The van der Waals surface area contributed by atoms with Gasteiger partial charge in [-0.15, -0.1) is 0 Å². The second-order valence-corrected chi connectivity index (χ2v) is 6.25. The monoisotopic (exact) mass is 237 g/mol. The van der Waals surface area contributed by atoms with Gasteiger partial charge in [-0.3, -0.25) is 4.21 Å². The summed E-state index contributed by atoms with van der Waals surface area (Å²) < 4.78 is 12.1. The molecule has 0 aliphatic heterocycles. The maximum atomic E-state index is 12.1. The van der Waals surface area contributed by atoms with Crippen LogP contribution in [-0.4, -0.2) is 9.46 Å². The van der Waals surface area contributed by atoms with Crippen molar-refractivity contribution in [2.24, 2.45) is 0 Å². The number of nitrogen functional groups attached to an aromatic ring is 1. The maximum absolute atomic E-state index is 12.1. The molecule has 2 rings (SSSR count). The van der Waals surface area contributed by atoms with Gasteiger partial charge in [-0.1, -0.05) is 31.4 Å². The smallest absolute Gasteiger partial charge is 0.0489 e. The van der Waals surface area contributed by atoms with Crippen LogP contribution in [0.1, 0.15) is 37.7 Å². The molecule has 1 aromatic rings. The van der Waals surface area contributed by atoms with Gasteiger partial charge in [0.15, 0.2) is 0 Å². The van der Waals surface area contributed by atoms with Crippen LogP contribution in [0.4, 0.5) is 5.69 Å². The zero-order chi connectivity index (χ0) is 11.4. The second-order valence-electron chi connectivity index (χ2n) is 4.53. The fourth-order valence-corrected chi connectivity index (χ4v) is 3.90. The Balaban J connectivity index is 1.96. The molecule has 0 saturated heterocycles. The summed E-state index contributed by atoms with van der Waals surface area (Å²) >= 11 is 0. The lowest BCUT2D eigenvalue weighted by atomic mass is 10.0. The summed E-state index contributed by atoms with van der Waals surface area (Å²) in [5, 5.41) is 0.412. The molecular formula is C13H19NOS. The summed E-state index contributed by atoms with van der Waals surface area (Å²) in [6.45, 7) is 0. The highest BCUT2D eigenvalue weighted by atomic mass is 32.2. The summed E-state index contributed by atoms with van der Waals surface area (Å²) in [7, 11) is -0.721. The molecule has 2 nitrogen and oxygen atoms in total. The molecule has 1 aliphatic rings. The SMILES string of the molecule is Nc1cccc(C[S@@](=O)C2CCCCC2)c1. The molecule has 1 saturated carbocycles. The predicted molar refractivity (Wildman–Crippen MR) is 69.6 cm³/mol. The van der Waals surface area contributed by atoms with E-state index in [1.807, 2.05) is 24.3 Å². The Kier molecular flexibility index (Phi) is 3.99. The molecule has 3 heteroatoms. The fourth-order valence-electron chi connectivity index (χ4n) is 2.29. The molecular weight excluding hydrogens is 218 g/mol. The molecule has 1 aromatic carbocycles. The Morgan fingerprint density at radius 2 is 2.00 bits per heavy atom. The third kappa shape index (κ3) is 3.08. The lowest BCUT2D eigenvalue weighted by molar-refractivity contribution is 0.504. The Labute approximate surface area is 99.7 Å². The van der Waals surface area contributed by atoms with Crippen molar-refractivity contribution in [3.05, 3.63) is 29.8 Å². The third-order valence-corrected chi connectivity index (χ3v) is 5.02. The van der Waals surface area contributed by atoms with Crippen molar-refractivity contribution in [2.45, 2.75) is 43.1 Å². The molecule has 2 N–H and O–H groups in total. The minimum atomic E-state index is -0.721. The highest BCUT2D eigenvalue weighted by Gasteiger charge is 2.19. The van der Waals surface area contributed by atoms with E-state index in [4.69, 9.17) is 5.73 Å². The van der Waals surface area contributed by atoms with E-state index >= 15 is 0 Å². The summed E-state index contributed by atoms with van der Waals surface area (Å²) in [5.74, 6) is 0.662. The molecule has 0 heterocycles. The van der Waals surface area contributed by atoms with E-state index < -0.39 is 10.8 Å². The Morgan fingerprint density at radius 3 is 2.69 bits per heavy atom. The lowest BCUT2D eigenvalue weighted by Gasteiger charge is -2.20. The second kappa shape index (κ2) is 5.48. The average Bonchev–Trinajstić information content (AvgIpc) is 2.30. The van der Waals surface area contributed by atoms with Gasteiger partial charge >= 0.3 is 0 Å². The average molecular weight is 237 g/mol. The normalized spacial score (nSPS) is 19.5. The van der Waals surface area contributed by atoms with Crippen LogP contribution in [-0.2, 0) is 16.6 Å². The van der Waals surface area contributed by atoms with Crippen LogP contribution in [0.5, 0.6) is 0 Å². The first-order valence-electron chi connectivity index (χ1n) is 5.97. The number of anilines is 1.